The van der Waals surface area contributed by atoms with Crippen molar-refractivity contribution in [3.05, 3.63) is 59.7 Å². The van der Waals surface area contributed by atoms with Crippen molar-refractivity contribution in [2.24, 2.45) is 0 Å². The number of hydrogen-bond acceptors (Lipinski definition) is 4. The summed E-state index contributed by atoms with van der Waals surface area (Å²) in [5.41, 5.74) is 7.06. The number of anilines is 1. The molecule has 0 aliphatic carbocycles. The third kappa shape index (κ3) is 3.15. The van der Waals surface area contributed by atoms with Gasteiger partial charge in [-0.25, -0.2) is 13.1 Å². The molecule has 0 spiro atoms. The fourth-order valence-electron chi connectivity index (χ4n) is 1.73. The van der Waals surface area contributed by atoms with Gasteiger partial charge in [0.2, 0.25) is 10.0 Å². The van der Waals surface area contributed by atoms with Gasteiger partial charge in [0, 0.05) is 6.54 Å². The average Bonchev–Trinajstić information content (AvgIpc) is 2.46. The van der Waals surface area contributed by atoms with Gasteiger partial charge in [0.1, 0.15) is 4.90 Å². The second-order valence-corrected chi connectivity index (χ2v) is 5.91. The van der Waals surface area contributed by atoms with E-state index in [0.717, 1.165) is 0 Å². The van der Waals surface area contributed by atoms with Crippen LogP contribution in [0.4, 0.5) is 5.69 Å². The number of rotatable bonds is 4. The first kappa shape index (κ1) is 14.1. The minimum Gasteiger partial charge on any atom is -0.398 e. The predicted octanol–water partition coefficient (Wildman–Crippen LogP) is 1.62. The summed E-state index contributed by atoms with van der Waals surface area (Å²) in [6.45, 7) is 0.103. The Morgan fingerprint density at radius 2 is 1.90 bits per heavy atom. The number of nitrogen functional groups attached to an aromatic ring is 1. The Bertz CT molecular complexity index is 764. The zero-order valence-electron chi connectivity index (χ0n) is 10.6. The molecular weight excluding hydrogens is 274 g/mol. The van der Waals surface area contributed by atoms with Gasteiger partial charge in [0.25, 0.3) is 0 Å². The Hall–Kier alpha value is -2.36. The quantitative estimate of drug-likeness (QED) is 0.835. The van der Waals surface area contributed by atoms with Crippen molar-refractivity contribution in [1.82, 2.24) is 4.72 Å². The summed E-state index contributed by atoms with van der Waals surface area (Å²) in [6.07, 6.45) is 0. The zero-order valence-corrected chi connectivity index (χ0v) is 11.4. The SMILES string of the molecule is N#Cc1cccc(CNS(=O)(=O)c2ccccc2N)c1. The lowest BCUT2D eigenvalue weighted by Crippen LogP contribution is -2.24. The summed E-state index contributed by atoms with van der Waals surface area (Å²) in [6, 6.07) is 15.0. The van der Waals surface area contributed by atoms with Gasteiger partial charge in [0.15, 0.2) is 0 Å². The van der Waals surface area contributed by atoms with E-state index in [4.69, 9.17) is 11.0 Å². The van der Waals surface area contributed by atoms with Crippen LogP contribution in [-0.2, 0) is 16.6 Å². The number of hydrogen-bond donors (Lipinski definition) is 2. The van der Waals surface area contributed by atoms with E-state index < -0.39 is 10.0 Å². The van der Waals surface area contributed by atoms with Gasteiger partial charge >= 0.3 is 0 Å². The highest BCUT2D eigenvalue weighted by Crippen LogP contribution is 2.17. The smallest absolute Gasteiger partial charge is 0.242 e. The number of sulfonamides is 1. The van der Waals surface area contributed by atoms with Crippen LogP contribution in [0.15, 0.2) is 53.4 Å². The van der Waals surface area contributed by atoms with E-state index in [9.17, 15) is 8.42 Å². The standard InChI is InChI=1S/C14H13N3O2S/c15-9-11-4-3-5-12(8-11)10-17-20(18,19)14-7-2-1-6-13(14)16/h1-8,17H,10,16H2. The maximum atomic E-state index is 12.1. The molecule has 0 amide bonds. The van der Waals surface area contributed by atoms with Crippen molar-refractivity contribution in [3.8, 4) is 6.07 Å². The number of para-hydroxylation sites is 1. The van der Waals surface area contributed by atoms with Gasteiger partial charge < -0.3 is 5.73 Å². The molecule has 0 bridgehead atoms. The summed E-state index contributed by atoms with van der Waals surface area (Å²) < 4.78 is 26.7. The molecule has 102 valence electrons. The van der Waals surface area contributed by atoms with Gasteiger partial charge in [-0.15, -0.1) is 0 Å². The molecule has 0 atom stereocenters. The van der Waals surface area contributed by atoms with Crippen LogP contribution in [0.5, 0.6) is 0 Å². The molecule has 0 aromatic heterocycles. The number of nitrogens with two attached hydrogens (primary N) is 1. The third-order valence-corrected chi connectivity index (χ3v) is 4.21. The Labute approximate surface area is 117 Å². The van der Waals surface area contributed by atoms with Crippen molar-refractivity contribution in [3.63, 3.8) is 0 Å². The Morgan fingerprint density at radius 1 is 1.15 bits per heavy atom. The molecule has 0 aliphatic rings. The molecular formula is C14H13N3O2S. The molecule has 0 heterocycles. The van der Waals surface area contributed by atoms with Gasteiger partial charge in [-0.1, -0.05) is 24.3 Å². The van der Waals surface area contributed by atoms with Gasteiger partial charge in [-0.05, 0) is 29.8 Å². The van der Waals surface area contributed by atoms with Gasteiger partial charge in [0.05, 0.1) is 17.3 Å². The van der Waals surface area contributed by atoms with Gasteiger partial charge in [-0.2, -0.15) is 5.26 Å². The summed E-state index contributed by atoms with van der Waals surface area (Å²) in [5, 5.41) is 8.80. The minimum absolute atomic E-state index is 0.0523. The van der Waals surface area contributed by atoms with Crippen molar-refractivity contribution in [2.45, 2.75) is 11.4 Å². The highest BCUT2D eigenvalue weighted by molar-refractivity contribution is 7.89. The molecule has 0 saturated heterocycles. The minimum atomic E-state index is -3.67. The third-order valence-electron chi connectivity index (χ3n) is 2.73. The van der Waals surface area contributed by atoms with E-state index in [0.29, 0.717) is 11.1 Å². The first-order chi connectivity index (χ1) is 9.53. The average molecular weight is 287 g/mol. The van der Waals surface area contributed by atoms with Crippen LogP contribution in [0.1, 0.15) is 11.1 Å². The van der Waals surface area contributed by atoms with Crippen LogP contribution >= 0.6 is 0 Å². The summed E-state index contributed by atoms with van der Waals surface area (Å²) in [4.78, 5) is 0.0523. The van der Waals surface area contributed by atoms with Crippen LogP contribution in [-0.4, -0.2) is 8.42 Å². The topological polar surface area (TPSA) is 96.0 Å². The molecule has 5 nitrogen and oxygen atoms in total. The van der Waals surface area contributed by atoms with Gasteiger partial charge in [-0.3, -0.25) is 0 Å². The molecule has 2 aromatic rings. The number of nitrogens with one attached hydrogen (secondary N) is 1. The monoisotopic (exact) mass is 287 g/mol. The lowest BCUT2D eigenvalue weighted by atomic mass is 10.1. The highest BCUT2D eigenvalue weighted by atomic mass is 32.2. The summed E-state index contributed by atoms with van der Waals surface area (Å²) >= 11 is 0. The van der Waals surface area contributed by atoms with Crippen LogP contribution < -0.4 is 10.5 Å². The Kier molecular flexibility index (Phi) is 4.03. The molecule has 0 unspecified atom stereocenters. The van der Waals surface area contributed by atoms with Crippen LogP contribution in [0.3, 0.4) is 0 Å². The molecule has 3 N–H and O–H groups in total. The fraction of sp³-hybridized carbons (Fsp3) is 0.0714. The maximum absolute atomic E-state index is 12.1. The molecule has 0 fully saturated rings. The fourth-order valence-corrected chi connectivity index (χ4v) is 2.88. The second-order valence-electron chi connectivity index (χ2n) is 4.17. The second kappa shape index (κ2) is 5.74. The van der Waals surface area contributed by atoms with E-state index in [-0.39, 0.29) is 17.1 Å². The van der Waals surface area contributed by atoms with E-state index >= 15 is 0 Å². The highest BCUT2D eigenvalue weighted by Gasteiger charge is 2.16. The number of benzene rings is 2. The molecule has 2 aromatic carbocycles. The molecule has 20 heavy (non-hydrogen) atoms. The molecule has 0 aliphatic heterocycles. The van der Waals surface area contributed by atoms with Crippen molar-refractivity contribution in [2.75, 3.05) is 5.73 Å². The van der Waals surface area contributed by atoms with Crippen LogP contribution in [0.2, 0.25) is 0 Å². The van der Waals surface area contributed by atoms with E-state index in [1.54, 1.807) is 36.4 Å². The number of nitriles is 1. The largest absolute Gasteiger partial charge is 0.398 e. The van der Waals surface area contributed by atoms with Crippen LogP contribution in [0.25, 0.3) is 0 Å². The normalized spacial score (nSPS) is 10.9. The Balaban J connectivity index is 2.18. The number of nitrogens with zero attached hydrogens (tertiary/aromatic N) is 1. The van der Waals surface area contributed by atoms with E-state index in [1.165, 1.54) is 12.1 Å². The van der Waals surface area contributed by atoms with E-state index in [1.807, 2.05) is 6.07 Å². The van der Waals surface area contributed by atoms with E-state index in [2.05, 4.69) is 4.72 Å². The lowest BCUT2D eigenvalue weighted by Gasteiger charge is -2.09. The first-order valence-corrected chi connectivity index (χ1v) is 7.34. The van der Waals surface area contributed by atoms with Crippen LogP contribution in [0, 0.1) is 11.3 Å². The Morgan fingerprint density at radius 3 is 2.60 bits per heavy atom. The van der Waals surface area contributed by atoms with Crippen molar-refractivity contribution >= 4 is 15.7 Å². The summed E-state index contributed by atoms with van der Waals surface area (Å²) in [7, 11) is -3.67. The molecule has 2 rings (SSSR count). The molecule has 0 saturated carbocycles. The molecule has 6 heteroatoms. The van der Waals surface area contributed by atoms with Crippen molar-refractivity contribution < 1.29 is 8.42 Å². The van der Waals surface area contributed by atoms with Crippen molar-refractivity contribution in [1.29, 1.82) is 5.26 Å². The first-order valence-electron chi connectivity index (χ1n) is 5.86. The zero-order chi connectivity index (χ0) is 14.6. The lowest BCUT2D eigenvalue weighted by molar-refractivity contribution is 0.581. The predicted molar refractivity (Wildman–Crippen MR) is 76.0 cm³/mol. The maximum Gasteiger partial charge on any atom is 0.242 e. The summed E-state index contributed by atoms with van der Waals surface area (Å²) in [5.74, 6) is 0. The molecule has 0 radical (unpaired) electrons.